The van der Waals surface area contributed by atoms with E-state index in [1.807, 2.05) is 41.8 Å². The molecular formula is C16H13N3O2S2. The average Bonchev–Trinajstić information content (AvgIpc) is 3.23. The van der Waals surface area contributed by atoms with E-state index >= 15 is 0 Å². The maximum Gasteiger partial charge on any atom is 0.325 e. The largest absolute Gasteiger partial charge is 0.325 e. The lowest BCUT2D eigenvalue weighted by molar-refractivity contribution is -0.131. The molecule has 0 bridgehead atoms. The van der Waals surface area contributed by atoms with Crippen LogP contribution in [0.3, 0.4) is 0 Å². The lowest BCUT2D eigenvalue weighted by atomic mass is 10.0. The zero-order valence-corrected chi connectivity index (χ0v) is 13.9. The molecule has 1 aromatic carbocycles. The highest BCUT2D eigenvalue weighted by molar-refractivity contribution is 7.18. The quantitative estimate of drug-likeness (QED) is 0.742. The number of hydrogen-bond donors (Lipinski definition) is 1. The first-order chi connectivity index (χ1) is 11.1. The van der Waals surface area contributed by atoms with Crippen molar-refractivity contribution in [2.45, 2.75) is 19.0 Å². The minimum absolute atomic E-state index is 0.199. The normalized spacial score (nSPS) is 21.2. The molecule has 4 rings (SSSR count). The fourth-order valence-electron chi connectivity index (χ4n) is 2.69. The molecule has 1 fully saturated rings. The van der Waals surface area contributed by atoms with Crippen LogP contribution >= 0.6 is 22.7 Å². The number of thiophene rings is 1. The Balaban J connectivity index is 1.64. The third-order valence-corrected chi connectivity index (χ3v) is 6.03. The first kappa shape index (κ1) is 14.3. The number of aromatic nitrogens is 1. The molecule has 1 atom stereocenters. The van der Waals surface area contributed by atoms with Crippen LogP contribution in [0, 0.1) is 0 Å². The van der Waals surface area contributed by atoms with Crippen LogP contribution in [0.2, 0.25) is 0 Å². The van der Waals surface area contributed by atoms with Gasteiger partial charge in [0.2, 0.25) is 0 Å². The van der Waals surface area contributed by atoms with Gasteiger partial charge in [-0.3, -0.25) is 9.69 Å². The maximum absolute atomic E-state index is 12.8. The molecule has 0 saturated carbocycles. The zero-order chi connectivity index (χ0) is 16.0. The Kier molecular flexibility index (Phi) is 3.21. The molecule has 0 spiro atoms. The highest BCUT2D eigenvalue weighted by Gasteiger charge is 2.49. The molecule has 1 unspecified atom stereocenters. The van der Waals surface area contributed by atoms with Crippen molar-refractivity contribution in [1.82, 2.24) is 15.2 Å². The predicted octanol–water partition coefficient (Wildman–Crippen LogP) is 3.33. The second-order valence-corrected chi connectivity index (χ2v) is 7.56. The molecule has 3 aromatic rings. The van der Waals surface area contributed by atoms with E-state index in [9.17, 15) is 9.59 Å². The number of carbonyl (C=O) groups excluding carboxylic acids is 2. The van der Waals surface area contributed by atoms with E-state index in [0.717, 1.165) is 20.1 Å². The number of nitrogens with zero attached hydrogens (tertiary/aromatic N) is 2. The van der Waals surface area contributed by atoms with Gasteiger partial charge in [-0.15, -0.1) is 22.7 Å². The van der Waals surface area contributed by atoms with Crippen molar-refractivity contribution in [1.29, 1.82) is 0 Å². The summed E-state index contributed by atoms with van der Waals surface area (Å²) in [5, 5.41) is 5.47. The number of amides is 3. The van der Waals surface area contributed by atoms with Crippen LogP contribution in [0.4, 0.5) is 4.79 Å². The smallest absolute Gasteiger partial charge is 0.319 e. The number of carbonyl (C=O) groups is 2. The van der Waals surface area contributed by atoms with Crippen LogP contribution in [0.15, 0.2) is 41.8 Å². The zero-order valence-electron chi connectivity index (χ0n) is 12.3. The van der Waals surface area contributed by atoms with Gasteiger partial charge in [0.15, 0.2) is 5.54 Å². The molecule has 1 aliphatic rings. The van der Waals surface area contributed by atoms with Gasteiger partial charge in [-0.2, -0.15) is 0 Å². The minimum Gasteiger partial charge on any atom is -0.319 e. The maximum atomic E-state index is 12.8. The SMILES string of the molecule is CC1(c2cccs2)NC(=O)N(Cc2nc3ccccc3s2)C1=O. The molecular weight excluding hydrogens is 330 g/mol. The van der Waals surface area contributed by atoms with E-state index < -0.39 is 5.54 Å². The summed E-state index contributed by atoms with van der Waals surface area (Å²) in [5.41, 5.74) is -0.0948. The number of thiazole rings is 1. The van der Waals surface area contributed by atoms with Crippen molar-refractivity contribution >= 4 is 44.8 Å². The molecule has 0 aliphatic carbocycles. The van der Waals surface area contributed by atoms with Gasteiger partial charge in [0, 0.05) is 4.88 Å². The molecule has 3 amide bonds. The molecule has 7 heteroatoms. The molecule has 116 valence electrons. The summed E-state index contributed by atoms with van der Waals surface area (Å²) in [6.45, 7) is 1.95. The van der Waals surface area contributed by atoms with E-state index in [4.69, 9.17) is 0 Å². The number of imide groups is 1. The summed E-state index contributed by atoms with van der Waals surface area (Å²) < 4.78 is 1.05. The van der Waals surface area contributed by atoms with Crippen LogP contribution in [0.25, 0.3) is 10.2 Å². The summed E-state index contributed by atoms with van der Waals surface area (Å²) in [6, 6.07) is 11.2. The van der Waals surface area contributed by atoms with E-state index in [0.29, 0.717) is 0 Å². The van der Waals surface area contributed by atoms with Gasteiger partial charge in [0.25, 0.3) is 5.91 Å². The Hall–Kier alpha value is -2.25. The van der Waals surface area contributed by atoms with Crippen molar-refractivity contribution in [2.75, 3.05) is 0 Å². The van der Waals surface area contributed by atoms with Crippen molar-refractivity contribution in [3.8, 4) is 0 Å². The number of hydrogen-bond acceptors (Lipinski definition) is 5. The van der Waals surface area contributed by atoms with E-state index in [2.05, 4.69) is 10.3 Å². The monoisotopic (exact) mass is 343 g/mol. The van der Waals surface area contributed by atoms with Crippen LogP contribution in [0.5, 0.6) is 0 Å². The summed E-state index contributed by atoms with van der Waals surface area (Å²) in [7, 11) is 0. The Morgan fingerprint density at radius 3 is 2.78 bits per heavy atom. The highest BCUT2D eigenvalue weighted by atomic mass is 32.1. The molecule has 1 aliphatic heterocycles. The number of benzene rings is 1. The summed E-state index contributed by atoms with van der Waals surface area (Å²) in [5.74, 6) is -0.232. The number of urea groups is 1. The third kappa shape index (κ3) is 2.24. The second-order valence-electron chi connectivity index (χ2n) is 5.50. The Labute approximate surface area is 140 Å². The fraction of sp³-hybridized carbons (Fsp3) is 0.188. The van der Waals surface area contributed by atoms with E-state index in [-0.39, 0.29) is 18.5 Å². The van der Waals surface area contributed by atoms with Gasteiger partial charge in [0.05, 0.1) is 16.8 Å². The van der Waals surface area contributed by atoms with Crippen LogP contribution in [-0.4, -0.2) is 21.8 Å². The average molecular weight is 343 g/mol. The van der Waals surface area contributed by atoms with Gasteiger partial charge in [-0.25, -0.2) is 9.78 Å². The van der Waals surface area contributed by atoms with Gasteiger partial charge in [0.1, 0.15) is 5.01 Å². The first-order valence-electron chi connectivity index (χ1n) is 7.10. The van der Waals surface area contributed by atoms with Crippen molar-refractivity contribution in [3.05, 3.63) is 51.7 Å². The lowest BCUT2D eigenvalue weighted by Gasteiger charge is -2.19. The summed E-state index contributed by atoms with van der Waals surface area (Å²) >= 11 is 2.97. The fourth-order valence-corrected chi connectivity index (χ4v) is 4.48. The summed E-state index contributed by atoms with van der Waals surface area (Å²) in [6.07, 6.45) is 0. The third-order valence-electron chi connectivity index (χ3n) is 3.92. The van der Waals surface area contributed by atoms with Crippen LogP contribution < -0.4 is 5.32 Å². The number of rotatable bonds is 3. The van der Waals surface area contributed by atoms with E-state index in [1.165, 1.54) is 27.6 Å². The first-order valence-corrected chi connectivity index (χ1v) is 8.80. The molecule has 5 nitrogen and oxygen atoms in total. The predicted molar refractivity (Wildman–Crippen MR) is 90.4 cm³/mol. The number of fused-ring (bicyclic) bond motifs is 1. The molecule has 2 aromatic heterocycles. The number of nitrogens with one attached hydrogen (secondary N) is 1. The van der Waals surface area contributed by atoms with Crippen LogP contribution in [0.1, 0.15) is 16.8 Å². The molecule has 23 heavy (non-hydrogen) atoms. The Morgan fingerprint density at radius 1 is 1.22 bits per heavy atom. The van der Waals surface area contributed by atoms with Gasteiger partial charge in [-0.1, -0.05) is 18.2 Å². The lowest BCUT2D eigenvalue weighted by Crippen LogP contribution is -2.40. The van der Waals surface area contributed by atoms with Crippen molar-refractivity contribution in [3.63, 3.8) is 0 Å². The number of para-hydroxylation sites is 1. The second kappa shape index (κ2) is 5.14. The standard InChI is InChI=1S/C16H13N3O2S2/c1-16(12-7-4-8-22-12)14(20)19(15(21)18-16)9-13-17-10-5-2-3-6-11(10)23-13/h2-8H,9H2,1H3,(H,18,21). The molecule has 3 heterocycles. The Bertz CT molecular complexity index is 870. The van der Waals surface area contributed by atoms with E-state index in [1.54, 1.807) is 6.92 Å². The minimum atomic E-state index is -0.984. The van der Waals surface area contributed by atoms with Crippen molar-refractivity contribution < 1.29 is 9.59 Å². The highest BCUT2D eigenvalue weighted by Crippen LogP contribution is 2.33. The topological polar surface area (TPSA) is 62.3 Å². The Morgan fingerprint density at radius 2 is 2.04 bits per heavy atom. The van der Waals surface area contributed by atoms with Gasteiger partial charge >= 0.3 is 6.03 Å². The molecule has 1 saturated heterocycles. The van der Waals surface area contributed by atoms with Crippen LogP contribution in [-0.2, 0) is 16.9 Å². The van der Waals surface area contributed by atoms with Gasteiger partial charge in [-0.05, 0) is 30.5 Å². The van der Waals surface area contributed by atoms with Crippen molar-refractivity contribution in [2.24, 2.45) is 0 Å². The summed E-state index contributed by atoms with van der Waals surface area (Å²) in [4.78, 5) is 31.7. The molecule has 1 N–H and O–H groups in total. The molecule has 0 radical (unpaired) electrons. The van der Waals surface area contributed by atoms with Gasteiger partial charge < -0.3 is 5.32 Å².